The number of carbonyl (C=O) groups is 1. The molecule has 0 aromatic heterocycles. The number of benzene rings is 1. The summed E-state index contributed by atoms with van der Waals surface area (Å²) in [6.45, 7) is 0. The number of aliphatic carboxylic acids is 1. The van der Waals surface area contributed by atoms with E-state index in [1.807, 2.05) is 0 Å². The Kier molecular flexibility index (Phi) is 2.57. The Morgan fingerprint density at radius 3 is 2.65 bits per heavy atom. The lowest BCUT2D eigenvalue weighted by atomic mass is 9.91. The molecule has 0 bridgehead atoms. The molecule has 1 aromatic carbocycles. The molecule has 1 aromatic rings. The molecule has 0 spiro atoms. The summed E-state index contributed by atoms with van der Waals surface area (Å²) in [5.41, 5.74) is -1.20. The van der Waals surface area contributed by atoms with Crippen LogP contribution in [0.2, 0.25) is 0 Å². The predicted molar refractivity (Wildman–Crippen MR) is 56.2 cm³/mol. The molecule has 1 N–H and O–H groups in total. The van der Waals surface area contributed by atoms with Gasteiger partial charge in [-0.25, -0.2) is 0 Å². The van der Waals surface area contributed by atoms with Gasteiger partial charge in [-0.05, 0) is 12.8 Å². The fraction of sp³-hybridized carbons (Fsp3) is 0.364. The maximum Gasteiger partial charge on any atom is 0.305 e. The van der Waals surface area contributed by atoms with Crippen LogP contribution in [0.3, 0.4) is 0 Å². The second kappa shape index (κ2) is 3.80. The first-order valence-electron chi connectivity index (χ1n) is 5.11. The van der Waals surface area contributed by atoms with Gasteiger partial charge in [-0.2, -0.15) is 4.39 Å². The van der Waals surface area contributed by atoms with Crippen LogP contribution < -0.4 is 0 Å². The molecule has 0 saturated heterocycles. The molecule has 1 fully saturated rings. The van der Waals surface area contributed by atoms with Gasteiger partial charge in [0.05, 0.1) is 11.3 Å². The summed E-state index contributed by atoms with van der Waals surface area (Å²) >= 11 is 0. The number of carboxylic acid groups (broad SMARTS) is 1. The van der Waals surface area contributed by atoms with Crippen LogP contribution in [-0.2, 0) is 10.2 Å². The third-order valence-corrected chi connectivity index (χ3v) is 3.09. The second-order valence-electron chi connectivity index (χ2n) is 4.25. The Labute approximate surface area is 96.0 Å². The smallest absolute Gasteiger partial charge is 0.305 e. The molecule has 0 aliphatic heterocycles. The number of carboxylic acids is 1. The Balaban J connectivity index is 2.43. The van der Waals surface area contributed by atoms with Crippen molar-refractivity contribution in [2.45, 2.75) is 24.7 Å². The van der Waals surface area contributed by atoms with E-state index in [9.17, 15) is 19.3 Å². The molecule has 0 unspecified atom stereocenters. The summed E-state index contributed by atoms with van der Waals surface area (Å²) in [6, 6.07) is 3.90. The highest BCUT2D eigenvalue weighted by Gasteiger charge is 2.48. The van der Waals surface area contributed by atoms with E-state index in [0.29, 0.717) is 12.8 Å². The fourth-order valence-electron chi connectivity index (χ4n) is 2.05. The van der Waals surface area contributed by atoms with Gasteiger partial charge in [0.1, 0.15) is 0 Å². The predicted octanol–water partition coefficient (Wildman–Crippen LogP) is 2.24. The number of rotatable bonds is 4. The van der Waals surface area contributed by atoms with Crippen molar-refractivity contribution in [3.63, 3.8) is 0 Å². The Bertz CT molecular complexity index is 496. The number of halogens is 1. The average molecular weight is 239 g/mol. The van der Waals surface area contributed by atoms with Gasteiger partial charge in [0.25, 0.3) is 0 Å². The highest BCUT2D eigenvalue weighted by Crippen LogP contribution is 2.52. The van der Waals surface area contributed by atoms with E-state index in [1.165, 1.54) is 12.1 Å². The van der Waals surface area contributed by atoms with E-state index in [-0.39, 0.29) is 12.0 Å². The van der Waals surface area contributed by atoms with Crippen molar-refractivity contribution < 1.29 is 19.2 Å². The lowest BCUT2D eigenvalue weighted by molar-refractivity contribution is -0.387. The summed E-state index contributed by atoms with van der Waals surface area (Å²) in [4.78, 5) is 20.5. The largest absolute Gasteiger partial charge is 0.481 e. The monoisotopic (exact) mass is 239 g/mol. The number of nitrogens with zero attached hydrogens (tertiary/aromatic N) is 1. The summed E-state index contributed by atoms with van der Waals surface area (Å²) in [5.74, 6) is -1.93. The van der Waals surface area contributed by atoms with E-state index in [2.05, 4.69) is 0 Å². The Morgan fingerprint density at radius 2 is 2.18 bits per heavy atom. The molecule has 90 valence electrons. The summed E-state index contributed by atoms with van der Waals surface area (Å²) in [5, 5.41) is 19.4. The molecule has 17 heavy (non-hydrogen) atoms. The van der Waals surface area contributed by atoms with E-state index < -0.39 is 27.8 Å². The zero-order valence-electron chi connectivity index (χ0n) is 8.85. The number of nitro benzene ring substituents is 1. The molecule has 1 aliphatic carbocycles. The number of hydrogen-bond acceptors (Lipinski definition) is 3. The molecule has 1 saturated carbocycles. The van der Waals surface area contributed by atoms with E-state index in [0.717, 1.165) is 6.07 Å². The average Bonchev–Trinajstić information content (AvgIpc) is 2.97. The summed E-state index contributed by atoms with van der Waals surface area (Å²) < 4.78 is 13.9. The Morgan fingerprint density at radius 1 is 1.53 bits per heavy atom. The third-order valence-electron chi connectivity index (χ3n) is 3.09. The topological polar surface area (TPSA) is 80.4 Å². The lowest BCUT2D eigenvalue weighted by Gasteiger charge is -2.13. The third kappa shape index (κ3) is 1.98. The van der Waals surface area contributed by atoms with Crippen LogP contribution >= 0.6 is 0 Å². The van der Waals surface area contributed by atoms with E-state index in [4.69, 9.17) is 5.11 Å². The minimum atomic E-state index is -1.02. The second-order valence-corrected chi connectivity index (χ2v) is 4.25. The molecule has 0 amide bonds. The molecular weight excluding hydrogens is 229 g/mol. The molecule has 0 atom stereocenters. The van der Waals surface area contributed by atoms with Crippen molar-refractivity contribution in [1.82, 2.24) is 0 Å². The van der Waals surface area contributed by atoms with Crippen molar-refractivity contribution >= 4 is 11.7 Å². The highest BCUT2D eigenvalue weighted by molar-refractivity contribution is 5.70. The quantitative estimate of drug-likeness (QED) is 0.645. The zero-order valence-corrected chi connectivity index (χ0v) is 8.85. The van der Waals surface area contributed by atoms with Crippen LogP contribution in [0, 0.1) is 15.9 Å². The maximum atomic E-state index is 13.9. The number of nitro groups is 1. The van der Waals surface area contributed by atoms with Gasteiger partial charge in [-0.3, -0.25) is 14.9 Å². The van der Waals surface area contributed by atoms with Gasteiger partial charge in [0, 0.05) is 17.0 Å². The lowest BCUT2D eigenvalue weighted by Crippen LogP contribution is -2.15. The first-order valence-corrected chi connectivity index (χ1v) is 5.11. The van der Waals surface area contributed by atoms with Crippen molar-refractivity contribution in [2.24, 2.45) is 0 Å². The van der Waals surface area contributed by atoms with Gasteiger partial charge >= 0.3 is 11.7 Å². The van der Waals surface area contributed by atoms with Gasteiger partial charge in [-0.1, -0.05) is 12.1 Å². The van der Waals surface area contributed by atoms with Crippen molar-refractivity contribution in [3.05, 3.63) is 39.7 Å². The first-order chi connectivity index (χ1) is 7.96. The van der Waals surface area contributed by atoms with Gasteiger partial charge in [0.15, 0.2) is 0 Å². The normalized spacial score (nSPS) is 16.5. The minimum absolute atomic E-state index is 0.147. The van der Waals surface area contributed by atoms with Gasteiger partial charge < -0.3 is 5.11 Å². The molecule has 0 heterocycles. The number of hydrogen-bond donors (Lipinski definition) is 1. The summed E-state index contributed by atoms with van der Waals surface area (Å²) in [7, 11) is 0. The Hall–Kier alpha value is -1.98. The highest BCUT2D eigenvalue weighted by atomic mass is 19.1. The minimum Gasteiger partial charge on any atom is -0.481 e. The van der Waals surface area contributed by atoms with Crippen LogP contribution in [0.15, 0.2) is 18.2 Å². The van der Waals surface area contributed by atoms with E-state index >= 15 is 0 Å². The molecule has 6 heteroatoms. The van der Waals surface area contributed by atoms with Crippen molar-refractivity contribution in [1.29, 1.82) is 0 Å². The van der Waals surface area contributed by atoms with Crippen molar-refractivity contribution in [3.8, 4) is 0 Å². The van der Waals surface area contributed by atoms with Crippen LogP contribution in [0.4, 0.5) is 10.1 Å². The van der Waals surface area contributed by atoms with E-state index in [1.54, 1.807) is 0 Å². The standard InChI is InChI=1S/C11H10FNO4/c12-10-7(2-1-3-8(10)13(16)17)11(4-5-11)6-9(14)15/h1-3H,4-6H2,(H,14,15). The SMILES string of the molecule is O=C(O)CC1(c2cccc([N+](=O)[O-])c2F)CC1. The zero-order chi connectivity index (χ0) is 12.6. The van der Waals surface area contributed by atoms with Gasteiger partial charge in [-0.15, -0.1) is 0 Å². The maximum absolute atomic E-state index is 13.9. The molecule has 2 rings (SSSR count). The fourth-order valence-corrected chi connectivity index (χ4v) is 2.05. The van der Waals surface area contributed by atoms with Crippen LogP contribution in [0.1, 0.15) is 24.8 Å². The van der Waals surface area contributed by atoms with Crippen LogP contribution in [0.5, 0.6) is 0 Å². The van der Waals surface area contributed by atoms with Crippen LogP contribution in [-0.4, -0.2) is 16.0 Å². The molecule has 0 radical (unpaired) electrons. The van der Waals surface area contributed by atoms with Gasteiger partial charge in [0.2, 0.25) is 5.82 Å². The molecule has 1 aliphatic rings. The van der Waals surface area contributed by atoms with Crippen LogP contribution in [0.25, 0.3) is 0 Å². The first kappa shape index (κ1) is 11.5. The molecular formula is C11H10FNO4. The molecule has 5 nitrogen and oxygen atoms in total. The summed E-state index contributed by atoms with van der Waals surface area (Å²) in [6.07, 6.45) is 0.917. The van der Waals surface area contributed by atoms with Crippen molar-refractivity contribution in [2.75, 3.05) is 0 Å².